The number of aromatic nitrogens is 2. The first-order valence-electron chi connectivity index (χ1n) is 6.70. The number of hydrogen-bond donors (Lipinski definition) is 0. The van der Waals surface area contributed by atoms with Crippen molar-refractivity contribution < 1.29 is 8.63 Å². The van der Waals surface area contributed by atoms with Gasteiger partial charge in [-0.25, -0.2) is 9.98 Å². The van der Waals surface area contributed by atoms with Gasteiger partial charge in [-0.05, 0) is 11.5 Å². The van der Waals surface area contributed by atoms with Crippen LogP contribution in [0.4, 0.5) is 20.1 Å². The zero-order valence-corrected chi connectivity index (χ0v) is 11.3. The highest BCUT2D eigenvalue weighted by Gasteiger charge is 2.38. The van der Waals surface area contributed by atoms with Crippen molar-refractivity contribution in [2.75, 3.05) is 4.81 Å². The van der Waals surface area contributed by atoms with E-state index in [9.17, 15) is 8.63 Å². The van der Waals surface area contributed by atoms with E-state index in [1.165, 1.54) is 18.6 Å². The molecule has 22 heavy (non-hydrogen) atoms. The lowest BCUT2D eigenvalue weighted by atomic mass is 10.1. The van der Waals surface area contributed by atoms with E-state index in [4.69, 9.17) is 0 Å². The van der Waals surface area contributed by atoms with Crippen LogP contribution in [0.15, 0.2) is 60.0 Å². The molecule has 7 heteroatoms. The molecule has 1 aromatic heterocycles. The smallest absolute Gasteiger partial charge is 0.309 e. The van der Waals surface area contributed by atoms with Crippen LogP contribution in [-0.4, -0.2) is 23.2 Å². The van der Waals surface area contributed by atoms with E-state index in [0.29, 0.717) is 17.1 Å². The second kappa shape index (κ2) is 4.87. The molecule has 0 aliphatic carbocycles. The molecule has 106 valence electrons. The van der Waals surface area contributed by atoms with Crippen LogP contribution in [0.3, 0.4) is 0 Å². The fraction of sp³-hybridized carbons (Fsp3) is 0. The van der Waals surface area contributed by atoms with E-state index < -0.39 is 7.40 Å². The van der Waals surface area contributed by atoms with Gasteiger partial charge in [-0.3, -0.25) is 13.6 Å². The van der Waals surface area contributed by atoms with Gasteiger partial charge in [-0.15, -0.1) is 0 Å². The van der Waals surface area contributed by atoms with Gasteiger partial charge in [-0.2, -0.15) is 0 Å². The number of amidine groups is 1. The first kappa shape index (κ1) is 12.9. The summed E-state index contributed by atoms with van der Waals surface area (Å²) in [6, 6.07) is 10.9. The molecular weight excluding hydrogens is 285 g/mol. The number of aliphatic imine (C=N–C) groups is 1. The molecule has 3 aromatic rings. The summed E-state index contributed by atoms with van der Waals surface area (Å²) in [5.41, 5.74) is 1.14. The number of nitrogens with zero attached hydrogens (tertiary/aromatic N) is 4. The number of rotatable bonds is 2. The molecule has 2 aromatic carbocycles. The Hall–Kier alpha value is -2.83. The summed E-state index contributed by atoms with van der Waals surface area (Å²) in [6.45, 7) is 0. The lowest BCUT2D eigenvalue weighted by Crippen LogP contribution is -2.36. The molecule has 0 saturated heterocycles. The Morgan fingerprint density at radius 1 is 1.05 bits per heavy atom. The minimum atomic E-state index is -2.69. The SMILES string of the molecule is FB(F)N1C(=Nc2cnccn2)c2cccc3cccc1c23. The van der Waals surface area contributed by atoms with Gasteiger partial charge in [0.05, 0.1) is 6.20 Å². The Morgan fingerprint density at radius 2 is 1.86 bits per heavy atom. The molecule has 0 spiro atoms. The normalized spacial score (nSPS) is 14.8. The maximum absolute atomic E-state index is 13.6. The fourth-order valence-electron chi connectivity index (χ4n) is 2.72. The Morgan fingerprint density at radius 3 is 2.59 bits per heavy atom. The van der Waals surface area contributed by atoms with Gasteiger partial charge in [0.1, 0.15) is 5.84 Å². The lowest BCUT2D eigenvalue weighted by Gasteiger charge is -2.17. The van der Waals surface area contributed by atoms with Crippen LogP contribution in [0, 0.1) is 0 Å². The zero-order chi connectivity index (χ0) is 15.1. The van der Waals surface area contributed by atoms with Gasteiger partial charge in [0, 0.05) is 29.0 Å². The van der Waals surface area contributed by atoms with Crippen molar-refractivity contribution in [3.05, 3.63) is 60.6 Å². The summed E-state index contributed by atoms with van der Waals surface area (Å²) < 4.78 is 27.2. The third-order valence-corrected chi connectivity index (χ3v) is 3.58. The van der Waals surface area contributed by atoms with E-state index in [2.05, 4.69) is 15.0 Å². The van der Waals surface area contributed by atoms with Crippen LogP contribution >= 0.6 is 0 Å². The lowest BCUT2D eigenvalue weighted by molar-refractivity contribution is 0.660. The van der Waals surface area contributed by atoms with E-state index in [-0.39, 0.29) is 5.84 Å². The molecule has 0 fully saturated rings. The molecule has 1 aliphatic heterocycles. The quantitative estimate of drug-likeness (QED) is 0.680. The van der Waals surface area contributed by atoms with Crippen molar-refractivity contribution in [1.82, 2.24) is 9.97 Å². The topological polar surface area (TPSA) is 41.4 Å². The van der Waals surface area contributed by atoms with Crippen molar-refractivity contribution in [1.29, 1.82) is 0 Å². The predicted molar refractivity (Wildman–Crippen MR) is 82.6 cm³/mol. The number of hydrogen-bond acceptors (Lipinski definition) is 3. The molecular formula is C15H9BF2N4. The molecule has 0 radical (unpaired) electrons. The molecule has 0 N–H and O–H groups in total. The van der Waals surface area contributed by atoms with Crippen LogP contribution in [0.2, 0.25) is 0 Å². The van der Waals surface area contributed by atoms with Gasteiger partial charge in [0.2, 0.25) is 0 Å². The van der Waals surface area contributed by atoms with Gasteiger partial charge in [0.25, 0.3) is 0 Å². The van der Waals surface area contributed by atoms with Crippen LogP contribution in [0.5, 0.6) is 0 Å². The van der Waals surface area contributed by atoms with Crippen LogP contribution < -0.4 is 4.81 Å². The summed E-state index contributed by atoms with van der Waals surface area (Å²) in [5.74, 6) is 0.496. The number of halogens is 2. The van der Waals surface area contributed by atoms with E-state index in [0.717, 1.165) is 15.6 Å². The maximum atomic E-state index is 13.6. The van der Waals surface area contributed by atoms with Crippen LogP contribution in [0.1, 0.15) is 5.56 Å². The highest BCUT2D eigenvalue weighted by Crippen LogP contribution is 2.39. The van der Waals surface area contributed by atoms with Gasteiger partial charge >= 0.3 is 7.40 Å². The molecule has 2 heterocycles. The Kier molecular flexibility index (Phi) is 2.85. The van der Waals surface area contributed by atoms with Gasteiger partial charge in [0.15, 0.2) is 5.82 Å². The Balaban J connectivity index is 2.00. The first-order valence-corrected chi connectivity index (χ1v) is 6.70. The van der Waals surface area contributed by atoms with Crippen LogP contribution in [0.25, 0.3) is 10.8 Å². The third-order valence-electron chi connectivity index (χ3n) is 3.58. The van der Waals surface area contributed by atoms with Gasteiger partial charge in [-0.1, -0.05) is 30.3 Å². The molecule has 0 bridgehead atoms. The number of anilines is 1. The average Bonchev–Trinajstić information content (AvgIpc) is 2.85. The van der Waals surface area contributed by atoms with E-state index in [1.54, 1.807) is 18.2 Å². The maximum Gasteiger partial charge on any atom is 0.679 e. The standard InChI is InChI=1S/C15H9BF2N4/c17-16(18)22-12-6-2-4-10-3-1-5-11(14(10)12)15(22)21-13-9-19-7-8-20-13/h1-9H. The second-order valence-electron chi connectivity index (χ2n) is 4.83. The largest absolute Gasteiger partial charge is 0.679 e. The van der Waals surface area contributed by atoms with Crippen molar-refractivity contribution >= 4 is 35.5 Å². The fourth-order valence-corrected chi connectivity index (χ4v) is 2.72. The minimum Gasteiger partial charge on any atom is -0.309 e. The summed E-state index contributed by atoms with van der Waals surface area (Å²) in [5, 5.41) is 1.69. The minimum absolute atomic E-state index is 0.197. The van der Waals surface area contributed by atoms with Crippen molar-refractivity contribution in [2.24, 2.45) is 4.99 Å². The molecule has 0 saturated carbocycles. The third kappa shape index (κ3) is 1.86. The summed E-state index contributed by atoms with van der Waals surface area (Å²) in [6.07, 6.45) is 4.44. The average molecular weight is 294 g/mol. The molecule has 0 unspecified atom stereocenters. The van der Waals surface area contributed by atoms with Gasteiger partial charge < -0.3 is 4.81 Å². The summed E-state index contributed by atoms with van der Waals surface area (Å²) >= 11 is 0. The first-order chi connectivity index (χ1) is 10.8. The Bertz CT molecular complexity index is 878. The van der Waals surface area contributed by atoms with Crippen molar-refractivity contribution in [3.8, 4) is 0 Å². The van der Waals surface area contributed by atoms with E-state index in [1.807, 2.05) is 18.2 Å². The highest BCUT2D eigenvalue weighted by atomic mass is 19.2. The monoisotopic (exact) mass is 294 g/mol. The van der Waals surface area contributed by atoms with Crippen molar-refractivity contribution in [2.45, 2.75) is 0 Å². The molecule has 4 rings (SSSR count). The van der Waals surface area contributed by atoms with Crippen molar-refractivity contribution in [3.63, 3.8) is 0 Å². The molecule has 4 nitrogen and oxygen atoms in total. The summed E-state index contributed by atoms with van der Waals surface area (Å²) in [4.78, 5) is 13.2. The predicted octanol–water partition coefficient (Wildman–Crippen LogP) is 3.45. The van der Waals surface area contributed by atoms with Crippen LogP contribution in [-0.2, 0) is 0 Å². The molecule has 0 atom stereocenters. The van der Waals surface area contributed by atoms with E-state index >= 15 is 0 Å². The zero-order valence-electron chi connectivity index (χ0n) is 11.3. The Labute approximate surface area is 125 Å². The number of benzene rings is 2. The second-order valence-corrected chi connectivity index (χ2v) is 4.83. The molecule has 1 aliphatic rings. The molecule has 0 amide bonds. The summed E-state index contributed by atoms with van der Waals surface area (Å²) in [7, 11) is -2.69. The highest BCUT2D eigenvalue weighted by molar-refractivity contribution is 6.59.